The molecule has 0 fully saturated rings. The van der Waals surface area contributed by atoms with Gasteiger partial charge in [0.15, 0.2) is 10.6 Å². The molecule has 2 aromatic heterocycles. The fourth-order valence-corrected chi connectivity index (χ4v) is 5.98. The standard InChI is InChI=1S/C31H28N2O5S2/c1-17(2)37-30(36)27-18(3)32-31-33(28(27)22-10-13-24(39-5)14-11-22)29(35)26(40-31)16-23-12-15-25(38-23)21-8-6-20(7-9-21)19(4)34/h6-17,28H,1-5H3/b26-16-/t28-/m1/s1. The van der Waals surface area contributed by atoms with Gasteiger partial charge >= 0.3 is 5.97 Å². The lowest BCUT2D eigenvalue weighted by molar-refractivity contribution is -0.143. The second kappa shape index (κ2) is 11.3. The summed E-state index contributed by atoms with van der Waals surface area (Å²) in [6.07, 6.45) is 3.37. The van der Waals surface area contributed by atoms with Gasteiger partial charge in [-0.15, -0.1) is 11.8 Å². The molecule has 0 amide bonds. The Bertz CT molecular complexity index is 1810. The van der Waals surface area contributed by atoms with Gasteiger partial charge in [0, 0.05) is 22.1 Å². The van der Waals surface area contributed by atoms with Crippen LogP contribution in [0.25, 0.3) is 17.4 Å². The van der Waals surface area contributed by atoms with Crippen LogP contribution in [0.5, 0.6) is 0 Å². The third-order valence-corrected chi connectivity index (χ3v) is 8.22. The Morgan fingerprint density at radius 1 is 1.07 bits per heavy atom. The number of benzene rings is 2. The van der Waals surface area contributed by atoms with Crippen LogP contribution in [0.15, 0.2) is 91.0 Å². The summed E-state index contributed by atoms with van der Waals surface area (Å²) < 4.78 is 13.6. The van der Waals surface area contributed by atoms with Gasteiger partial charge in [-0.05, 0) is 63.8 Å². The van der Waals surface area contributed by atoms with Crippen molar-refractivity contribution in [3.8, 4) is 11.3 Å². The third kappa shape index (κ3) is 5.39. The summed E-state index contributed by atoms with van der Waals surface area (Å²) in [5.41, 5.74) is 2.84. The van der Waals surface area contributed by atoms with Crippen LogP contribution in [0.4, 0.5) is 0 Å². The first-order chi connectivity index (χ1) is 19.2. The first-order valence-corrected chi connectivity index (χ1v) is 14.8. The number of allylic oxidation sites excluding steroid dienone is 1. The van der Waals surface area contributed by atoms with Crippen molar-refractivity contribution in [2.45, 2.75) is 44.7 Å². The predicted molar refractivity (Wildman–Crippen MR) is 157 cm³/mol. The number of esters is 1. The fraction of sp³-hybridized carbons (Fsp3) is 0.226. The summed E-state index contributed by atoms with van der Waals surface area (Å²) in [5.74, 6) is 0.634. The number of rotatable bonds is 7. The summed E-state index contributed by atoms with van der Waals surface area (Å²) in [5, 5.41) is 0. The number of carbonyl (C=O) groups is 2. The van der Waals surface area contributed by atoms with Gasteiger partial charge in [0.2, 0.25) is 0 Å². The molecule has 1 aliphatic rings. The molecule has 0 bridgehead atoms. The molecule has 0 saturated carbocycles. The molecule has 9 heteroatoms. The van der Waals surface area contributed by atoms with Gasteiger partial charge in [-0.25, -0.2) is 9.79 Å². The minimum Gasteiger partial charge on any atom is -0.459 e. The number of ketones is 1. The molecule has 0 radical (unpaired) electrons. The Hall–Kier alpha value is -3.95. The summed E-state index contributed by atoms with van der Waals surface area (Å²) in [4.78, 5) is 44.9. The van der Waals surface area contributed by atoms with Crippen LogP contribution in [0.2, 0.25) is 0 Å². The predicted octanol–water partition coefficient (Wildman–Crippen LogP) is 5.37. The van der Waals surface area contributed by atoms with Crippen LogP contribution < -0.4 is 14.9 Å². The van der Waals surface area contributed by atoms with Crippen molar-refractivity contribution in [1.29, 1.82) is 0 Å². The molecule has 0 aliphatic carbocycles. The topological polar surface area (TPSA) is 90.9 Å². The summed E-state index contributed by atoms with van der Waals surface area (Å²) >= 11 is 2.86. The first-order valence-electron chi connectivity index (χ1n) is 12.7. The molecule has 40 heavy (non-hydrogen) atoms. The number of thioether (sulfide) groups is 1. The van der Waals surface area contributed by atoms with E-state index >= 15 is 0 Å². The van der Waals surface area contributed by atoms with Gasteiger partial charge in [0.25, 0.3) is 5.56 Å². The quantitative estimate of drug-likeness (QED) is 0.168. The van der Waals surface area contributed by atoms with Crippen LogP contribution in [-0.4, -0.2) is 28.7 Å². The molecular formula is C31H28N2O5S2. The van der Waals surface area contributed by atoms with E-state index in [0.29, 0.717) is 37.7 Å². The lowest BCUT2D eigenvalue weighted by Gasteiger charge is -2.25. The number of carbonyl (C=O) groups excluding carboxylic acids is 2. The smallest absolute Gasteiger partial charge is 0.338 e. The Labute approximate surface area is 239 Å². The number of hydrogen-bond acceptors (Lipinski definition) is 8. The third-order valence-electron chi connectivity index (χ3n) is 6.49. The molecule has 0 unspecified atom stereocenters. The van der Waals surface area contributed by atoms with Crippen LogP contribution in [0.3, 0.4) is 0 Å². The van der Waals surface area contributed by atoms with Gasteiger partial charge in [-0.1, -0.05) is 47.7 Å². The molecule has 3 heterocycles. The fourth-order valence-electron chi connectivity index (χ4n) is 4.55. The molecule has 204 valence electrons. The summed E-state index contributed by atoms with van der Waals surface area (Å²) in [6.45, 7) is 6.88. The molecule has 7 nitrogen and oxygen atoms in total. The highest BCUT2D eigenvalue weighted by molar-refractivity contribution is 7.98. The first kappa shape index (κ1) is 27.6. The molecule has 2 aromatic carbocycles. The lowest BCUT2D eigenvalue weighted by atomic mass is 9.96. The van der Waals surface area contributed by atoms with E-state index in [1.165, 1.54) is 18.3 Å². The van der Waals surface area contributed by atoms with Crippen LogP contribution in [-0.2, 0) is 9.53 Å². The second-order valence-corrected chi connectivity index (χ2v) is 11.5. The number of hydrogen-bond donors (Lipinski definition) is 0. The molecule has 1 atom stereocenters. The number of furan rings is 1. The summed E-state index contributed by atoms with van der Waals surface area (Å²) in [7, 11) is 0. The van der Waals surface area contributed by atoms with Crippen LogP contribution in [0, 0.1) is 0 Å². The van der Waals surface area contributed by atoms with E-state index in [0.717, 1.165) is 16.0 Å². The van der Waals surface area contributed by atoms with Gasteiger partial charge in [-0.3, -0.25) is 14.2 Å². The molecule has 4 aromatic rings. The monoisotopic (exact) mass is 572 g/mol. The Morgan fingerprint density at radius 2 is 1.77 bits per heavy atom. The Balaban J connectivity index is 1.59. The van der Waals surface area contributed by atoms with E-state index < -0.39 is 12.0 Å². The van der Waals surface area contributed by atoms with Gasteiger partial charge in [0.1, 0.15) is 11.5 Å². The zero-order chi connectivity index (χ0) is 28.6. The highest BCUT2D eigenvalue weighted by atomic mass is 32.2. The van der Waals surface area contributed by atoms with Crippen molar-refractivity contribution >= 4 is 40.9 Å². The average molecular weight is 573 g/mol. The van der Waals surface area contributed by atoms with Gasteiger partial charge in [0.05, 0.1) is 27.9 Å². The number of fused-ring (bicyclic) bond motifs is 1. The minimum absolute atomic E-state index is 0.00331. The second-order valence-electron chi connectivity index (χ2n) is 9.64. The maximum atomic E-state index is 13.8. The number of thiazole rings is 1. The average Bonchev–Trinajstić information content (AvgIpc) is 3.52. The number of Topliss-reactive ketones (excluding diaryl/α,β-unsaturated/α-hetero) is 1. The van der Waals surface area contributed by atoms with E-state index in [4.69, 9.17) is 9.15 Å². The number of nitrogens with zero attached hydrogens (tertiary/aromatic N) is 2. The van der Waals surface area contributed by atoms with E-state index in [-0.39, 0.29) is 17.4 Å². The number of ether oxygens (including phenoxy) is 1. The lowest BCUT2D eigenvalue weighted by Crippen LogP contribution is -2.40. The normalized spacial score (nSPS) is 15.2. The van der Waals surface area contributed by atoms with Crippen molar-refractivity contribution in [1.82, 2.24) is 4.57 Å². The van der Waals surface area contributed by atoms with Crippen molar-refractivity contribution in [3.05, 3.63) is 109 Å². The molecule has 0 saturated heterocycles. The largest absolute Gasteiger partial charge is 0.459 e. The molecule has 0 spiro atoms. The molecule has 5 rings (SSSR count). The summed E-state index contributed by atoms with van der Waals surface area (Å²) in [6, 6.07) is 17.9. The Kier molecular flexibility index (Phi) is 7.78. The SMILES string of the molecule is CSc1ccc([C@@H]2C(C(=O)OC(C)C)=C(C)N=c3s/c(=C\c4ccc(-c5ccc(C(C)=O)cc5)o4)c(=O)n32)cc1. The van der Waals surface area contributed by atoms with Gasteiger partial charge in [-0.2, -0.15) is 0 Å². The minimum atomic E-state index is -0.674. The zero-order valence-electron chi connectivity index (χ0n) is 22.8. The highest BCUT2D eigenvalue weighted by Gasteiger charge is 2.33. The van der Waals surface area contributed by atoms with Crippen molar-refractivity contribution in [2.75, 3.05) is 6.26 Å². The number of aromatic nitrogens is 1. The maximum absolute atomic E-state index is 13.8. The van der Waals surface area contributed by atoms with Gasteiger partial charge < -0.3 is 9.15 Å². The highest BCUT2D eigenvalue weighted by Crippen LogP contribution is 2.32. The van der Waals surface area contributed by atoms with Crippen LogP contribution >= 0.6 is 23.1 Å². The van der Waals surface area contributed by atoms with Crippen molar-refractivity contribution in [2.24, 2.45) is 4.99 Å². The van der Waals surface area contributed by atoms with E-state index in [1.807, 2.05) is 48.7 Å². The van der Waals surface area contributed by atoms with Crippen LogP contribution in [0.1, 0.15) is 55.4 Å². The maximum Gasteiger partial charge on any atom is 0.338 e. The molecule has 1 aliphatic heterocycles. The van der Waals surface area contributed by atoms with E-state index in [9.17, 15) is 14.4 Å². The van der Waals surface area contributed by atoms with Crippen molar-refractivity contribution in [3.63, 3.8) is 0 Å². The zero-order valence-corrected chi connectivity index (χ0v) is 24.4. The Morgan fingerprint density at radius 3 is 2.40 bits per heavy atom. The van der Waals surface area contributed by atoms with E-state index in [1.54, 1.807) is 61.4 Å². The molecular weight excluding hydrogens is 544 g/mol. The molecule has 0 N–H and O–H groups in total. The van der Waals surface area contributed by atoms with Crippen molar-refractivity contribution < 1.29 is 18.7 Å². The van der Waals surface area contributed by atoms with E-state index in [2.05, 4.69) is 4.99 Å².